The van der Waals surface area contributed by atoms with Crippen molar-refractivity contribution in [2.75, 3.05) is 19.6 Å². The number of aliphatic hydroxyl groups is 1. The zero-order chi connectivity index (χ0) is 13.3. The maximum atomic E-state index is 11.9. The predicted octanol–water partition coefficient (Wildman–Crippen LogP) is 1.10. The van der Waals surface area contributed by atoms with Gasteiger partial charge in [-0.15, -0.1) is 0 Å². The third-order valence-electron chi connectivity index (χ3n) is 2.37. The van der Waals surface area contributed by atoms with Gasteiger partial charge >= 0.3 is 0 Å². The molecule has 0 aliphatic heterocycles. The molecule has 0 fully saturated rings. The molecular formula is C11H26N2O3S. The van der Waals surface area contributed by atoms with E-state index < -0.39 is 10.2 Å². The van der Waals surface area contributed by atoms with Crippen LogP contribution < -0.4 is 4.72 Å². The molecule has 1 unspecified atom stereocenters. The smallest absolute Gasteiger partial charge is 0.279 e. The monoisotopic (exact) mass is 266 g/mol. The molecule has 104 valence electrons. The largest absolute Gasteiger partial charge is 0.393 e. The van der Waals surface area contributed by atoms with Crippen molar-refractivity contribution in [2.24, 2.45) is 0 Å². The lowest BCUT2D eigenvalue weighted by molar-refractivity contribution is 0.182. The van der Waals surface area contributed by atoms with E-state index in [1.165, 1.54) is 4.31 Å². The summed E-state index contributed by atoms with van der Waals surface area (Å²) >= 11 is 0. The average Bonchev–Trinajstić information content (AvgIpc) is 2.24. The minimum absolute atomic E-state index is 0.373. The molecule has 6 heteroatoms. The van der Waals surface area contributed by atoms with Gasteiger partial charge in [-0.05, 0) is 32.6 Å². The van der Waals surface area contributed by atoms with Gasteiger partial charge < -0.3 is 5.11 Å². The number of hydrogen-bond acceptors (Lipinski definition) is 3. The molecule has 0 saturated carbocycles. The van der Waals surface area contributed by atoms with Crippen LogP contribution in [-0.4, -0.2) is 43.6 Å². The Morgan fingerprint density at radius 3 is 2.18 bits per heavy atom. The Kier molecular flexibility index (Phi) is 8.77. The summed E-state index contributed by atoms with van der Waals surface area (Å²) in [4.78, 5) is 0. The third-order valence-corrected chi connectivity index (χ3v) is 3.98. The van der Waals surface area contributed by atoms with Crippen LogP contribution in [0.4, 0.5) is 0 Å². The molecule has 0 aromatic rings. The summed E-state index contributed by atoms with van der Waals surface area (Å²) in [5.74, 6) is 0. The molecule has 0 aromatic carbocycles. The topological polar surface area (TPSA) is 69.6 Å². The van der Waals surface area contributed by atoms with E-state index in [1.807, 2.05) is 13.8 Å². The lowest BCUT2D eigenvalue weighted by atomic mass is 10.2. The fourth-order valence-electron chi connectivity index (χ4n) is 1.54. The highest BCUT2D eigenvalue weighted by atomic mass is 32.2. The van der Waals surface area contributed by atoms with Gasteiger partial charge in [0.2, 0.25) is 0 Å². The highest BCUT2D eigenvalue weighted by Crippen LogP contribution is 2.02. The Bertz CT molecular complexity index is 272. The molecule has 0 aliphatic rings. The molecule has 17 heavy (non-hydrogen) atoms. The van der Waals surface area contributed by atoms with Gasteiger partial charge in [-0.1, -0.05) is 13.8 Å². The van der Waals surface area contributed by atoms with E-state index in [0.29, 0.717) is 32.5 Å². The van der Waals surface area contributed by atoms with E-state index in [9.17, 15) is 8.42 Å². The predicted molar refractivity (Wildman–Crippen MR) is 70.0 cm³/mol. The zero-order valence-corrected chi connectivity index (χ0v) is 12.0. The van der Waals surface area contributed by atoms with Gasteiger partial charge in [-0.2, -0.15) is 12.7 Å². The Hall–Kier alpha value is -0.170. The van der Waals surface area contributed by atoms with Crippen molar-refractivity contribution in [3.8, 4) is 0 Å². The quantitative estimate of drug-likeness (QED) is 0.582. The van der Waals surface area contributed by atoms with Crippen LogP contribution in [0.15, 0.2) is 0 Å². The minimum Gasteiger partial charge on any atom is -0.393 e. The van der Waals surface area contributed by atoms with Crippen LogP contribution in [0, 0.1) is 0 Å². The maximum Gasteiger partial charge on any atom is 0.279 e. The summed E-state index contributed by atoms with van der Waals surface area (Å²) in [5, 5.41) is 9.07. The van der Waals surface area contributed by atoms with Gasteiger partial charge in [0.15, 0.2) is 0 Å². The van der Waals surface area contributed by atoms with E-state index in [-0.39, 0.29) is 6.10 Å². The molecule has 0 amide bonds. The lowest BCUT2D eigenvalue weighted by Gasteiger charge is -2.21. The molecule has 0 aromatic heterocycles. The molecule has 5 nitrogen and oxygen atoms in total. The fraction of sp³-hybridized carbons (Fsp3) is 1.00. The third kappa shape index (κ3) is 7.70. The molecule has 0 rings (SSSR count). The Labute approximate surface area is 105 Å². The van der Waals surface area contributed by atoms with Gasteiger partial charge in [0, 0.05) is 19.6 Å². The molecule has 0 spiro atoms. The first kappa shape index (κ1) is 16.8. The minimum atomic E-state index is -3.34. The van der Waals surface area contributed by atoms with Crippen LogP contribution in [0.3, 0.4) is 0 Å². The molecule has 2 N–H and O–H groups in total. The molecular weight excluding hydrogens is 240 g/mol. The van der Waals surface area contributed by atoms with Crippen LogP contribution in [0.25, 0.3) is 0 Å². The first-order valence-corrected chi connectivity index (χ1v) is 7.80. The first-order valence-electron chi connectivity index (χ1n) is 6.36. The van der Waals surface area contributed by atoms with E-state index in [2.05, 4.69) is 4.72 Å². The fourth-order valence-corrected chi connectivity index (χ4v) is 2.97. The summed E-state index contributed by atoms with van der Waals surface area (Å²) in [6, 6.07) is 0. The van der Waals surface area contributed by atoms with E-state index in [1.54, 1.807) is 6.92 Å². The number of nitrogens with one attached hydrogen (secondary N) is 1. The zero-order valence-electron chi connectivity index (χ0n) is 11.1. The normalized spacial score (nSPS) is 14.2. The number of rotatable bonds is 10. The second-order valence-electron chi connectivity index (χ2n) is 4.29. The van der Waals surface area contributed by atoms with Gasteiger partial charge in [-0.3, -0.25) is 0 Å². The average molecular weight is 266 g/mol. The first-order chi connectivity index (χ1) is 7.94. The van der Waals surface area contributed by atoms with Crippen molar-refractivity contribution in [1.29, 1.82) is 0 Å². The van der Waals surface area contributed by atoms with Crippen LogP contribution in [0.5, 0.6) is 0 Å². The van der Waals surface area contributed by atoms with Crippen LogP contribution in [0.2, 0.25) is 0 Å². The number of nitrogens with zero attached hydrogens (tertiary/aromatic N) is 1. The standard InChI is InChI=1S/C11H26N2O3S/c1-4-9-13(10-5-2)17(15,16)12-8-6-7-11(3)14/h11-12,14H,4-10H2,1-3H3. The summed E-state index contributed by atoms with van der Waals surface area (Å²) in [5.41, 5.74) is 0. The second kappa shape index (κ2) is 8.85. The molecule has 1 atom stereocenters. The Morgan fingerprint density at radius 1 is 1.24 bits per heavy atom. The summed E-state index contributed by atoms with van der Waals surface area (Å²) in [7, 11) is -3.34. The van der Waals surface area contributed by atoms with Crippen molar-refractivity contribution >= 4 is 10.2 Å². The SMILES string of the molecule is CCCN(CCC)S(=O)(=O)NCCCC(C)O. The van der Waals surface area contributed by atoms with Crippen molar-refractivity contribution in [2.45, 2.75) is 52.6 Å². The molecule has 0 saturated heterocycles. The van der Waals surface area contributed by atoms with Gasteiger partial charge in [-0.25, -0.2) is 4.72 Å². The Morgan fingerprint density at radius 2 is 1.76 bits per heavy atom. The van der Waals surface area contributed by atoms with Crippen molar-refractivity contribution in [3.63, 3.8) is 0 Å². The molecule has 0 radical (unpaired) electrons. The van der Waals surface area contributed by atoms with Crippen molar-refractivity contribution < 1.29 is 13.5 Å². The van der Waals surface area contributed by atoms with Gasteiger partial charge in [0.05, 0.1) is 6.10 Å². The second-order valence-corrected chi connectivity index (χ2v) is 6.04. The number of hydrogen-bond donors (Lipinski definition) is 2. The van der Waals surface area contributed by atoms with E-state index in [4.69, 9.17) is 5.11 Å². The number of aliphatic hydroxyl groups excluding tert-OH is 1. The molecule has 0 bridgehead atoms. The van der Waals surface area contributed by atoms with Crippen LogP contribution in [0.1, 0.15) is 46.5 Å². The van der Waals surface area contributed by atoms with Crippen LogP contribution >= 0.6 is 0 Å². The van der Waals surface area contributed by atoms with Crippen LogP contribution in [-0.2, 0) is 10.2 Å². The summed E-state index contributed by atoms with van der Waals surface area (Å²) in [6.45, 7) is 7.13. The highest BCUT2D eigenvalue weighted by molar-refractivity contribution is 7.87. The maximum absolute atomic E-state index is 11.9. The lowest BCUT2D eigenvalue weighted by Crippen LogP contribution is -2.42. The summed E-state index contributed by atoms with van der Waals surface area (Å²) < 4.78 is 27.9. The summed E-state index contributed by atoms with van der Waals surface area (Å²) in [6.07, 6.45) is 2.53. The van der Waals surface area contributed by atoms with E-state index in [0.717, 1.165) is 12.8 Å². The highest BCUT2D eigenvalue weighted by Gasteiger charge is 2.19. The molecule has 0 aliphatic carbocycles. The van der Waals surface area contributed by atoms with E-state index >= 15 is 0 Å². The van der Waals surface area contributed by atoms with Gasteiger partial charge in [0.25, 0.3) is 10.2 Å². The van der Waals surface area contributed by atoms with Crippen molar-refractivity contribution in [3.05, 3.63) is 0 Å². The molecule has 0 heterocycles. The Balaban J connectivity index is 4.13. The van der Waals surface area contributed by atoms with Crippen molar-refractivity contribution in [1.82, 2.24) is 9.03 Å². The van der Waals surface area contributed by atoms with Gasteiger partial charge in [0.1, 0.15) is 0 Å².